The van der Waals surface area contributed by atoms with Gasteiger partial charge in [-0.15, -0.1) is 0 Å². The molecule has 1 aliphatic rings. The molecule has 4 nitrogen and oxygen atoms in total. The summed E-state index contributed by atoms with van der Waals surface area (Å²) in [6, 6.07) is 0. The molecule has 0 aromatic carbocycles. The van der Waals surface area contributed by atoms with Gasteiger partial charge in [0.05, 0.1) is 5.69 Å². The second-order valence-corrected chi connectivity index (χ2v) is 4.13. The molecule has 0 radical (unpaired) electrons. The highest BCUT2D eigenvalue weighted by molar-refractivity contribution is 5.21. The summed E-state index contributed by atoms with van der Waals surface area (Å²) in [5.41, 5.74) is 2.59. The van der Waals surface area contributed by atoms with E-state index >= 15 is 0 Å². The Bertz CT molecular complexity index is 316. The fourth-order valence-corrected chi connectivity index (χ4v) is 2.20. The maximum atomic E-state index is 5.38. The molecule has 0 aliphatic carbocycles. The highest BCUT2D eigenvalue weighted by Crippen LogP contribution is 2.27. The third-order valence-corrected chi connectivity index (χ3v) is 2.91. The Morgan fingerprint density at radius 2 is 2.27 bits per heavy atom. The van der Waals surface area contributed by atoms with Crippen LogP contribution < -0.4 is 5.32 Å². The van der Waals surface area contributed by atoms with Crippen LogP contribution in [-0.4, -0.2) is 30.0 Å². The van der Waals surface area contributed by atoms with Crippen molar-refractivity contribution >= 4 is 0 Å². The standard InChI is InChI=1S/C11H19N3O/c1-12-7-10-8-14(2)13-11(10)9-3-5-15-6-4-9/h8-9,12H,3-7H2,1-2H3. The summed E-state index contributed by atoms with van der Waals surface area (Å²) in [5, 5.41) is 7.77. The Balaban J connectivity index is 2.17. The summed E-state index contributed by atoms with van der Waals surface area (Å²) in [5.74, 6) is 0.586. The van der Waals surface area contributed by atoms with Crippen molar-refractivity contribution in [1.82, 2.24) is 15.1 Å². The molecule has 84 valence electrons. The number of aromatic nitrogens is 2. The Kier molecular flexibility index (Phi) is 3.38. The molecule has 1 N–H and O–H groups in total. The lowest BCUT2D eigenvalue weighted by Crippen LogP contribution is -2.17. The number of hydrogen-bond donors (Lipinski definition) is 1. The van der Waals surface area contributed by atoms with Crippen LogP contribution in [0.25, 0.3) is 0 Å². The van der Waals surface area contributed by atoms with E-state index in [1.807, 2.05) is 18.8 Å². The highest BCUT2D eigenvalue weighted by Gasteiger charge is 2.21. The van der Waals surface area contributed by atoms with Crippen LogP contribution in [0.4, 0.5) is 0 Å². The van der Waals surface area contributed by atoms with Gasteiger partial charge in [0.1, 0.15) is 0 Å². The van der Waals surface area contributed by atoms with Crippen LogP contribution in [0, 0.1) is 0 Å². The zero-order valence-corrected chi connectivity index (χ0v) is 9.49. The zero-order chi connectivity index (χ0) is 10.7. The van der Waals surface area contributed by atoms with Gasteiger partial charge >= 0.3 is 0 Å². The topological polar surface area (TPSA) is 39.1 Å². The predicted octanol–water partition coefficient (Wildman–Crippen LogP) is 1.03. The molecule has 1 saturated heterocycles. The molecule has 0 atom stereocenters. The van der Waals surface area contributed by atoms with E-state index in [4.69, 9.17) is 4.74 Å². The van der Waals surface area contributed by atoms with Crippen molar-refractivity contribution in [1.29, 1.82) is 0 Å². The Hall–Kier alpha value is -0.870. The molecule has 4 heteroatoms. The van der Waals surface area contributed by atoms with Crippen molar-refractivity contribution in [3.8, 4) is 0 Å². The van der Waals surface area contributed by atoms with E-state index in [1.165, 1.54) is 11.3 Å². The molecule has 0 spiro atoms. The molecule has 1 fully saturated rings. The number of nitrogens with zero attached hydrogens (tertiary/aromatic N) is 2. The van der Waals surface area contributed by atoms with E-state index in [0.29, 0.717) is 5.92 Å². The molecule has 0 saturated carbocycles. The smallest absolute Gasteiger partial charge is 0.0702 e. The quantitative estimate of drug-likeness (QED) is 0.808. The van der Waals surface area contributed by atoms with Crippen LogP contribution >= 0.6 is 0 Å². The minimum atomic E-state index is 0.586. The van der Waals surface area contributed by atoms with Gasteiger partial charge in [-0.05, 0) is 19.9 Å². The fraction of sp³-hybridized carbons (Fsp3) is 0.727. The lowest BCUT2D eigenvalue weighted by molar-refractivity contribution is 0.0842. The maximum absolute atomic E-state index is 5.38. The van der Waals surface area contributed by atoms with Gasteiger partial charge in [-0.2, -0.15) is 5.10 Å². The Morgan fingerprint density at radius 1 is 1.53 bits per heavy atom. The first-order valence-corrected chi connectivity index (χ1v) is 5.56. The van der Waals surface area contributed by atoms with Crippen molar-refractivity contribution in [2.75, 3.05) is 20.3 Å². The van der Waals surface area contributed by atoms with Gasteiger partial charge in [0.25, 0.3) is 0 Å². The van der Waals surface area contributed by atoms with Crippen molar-refractivity contribution < 1.29 is 4.74 Å². The van der Waals surface area contributed by atoms with Crippen LogP contribution in [0.15, 0.2) is 6.20 Å². The third kappa shape index (κ3) is 2.38. The number of rotatable bonds is 3. The first-order valence-electron chi connectivity index (χ1n) is 5.56. The predicted molar refractivity (Wildman–Crippen MR) is 58.8 cm³/mol. The van der Waals surface area contributed by atoms with E-state index in [2.05, 4.69) is 16.6 Å². The van der Waals surface area contributed by atoms with E-state index in [9.17, 15) is 0 Å². The van der Waals surface area contributed by atoms with Crippen LogP contribution in [-0.2, 0) is 18.3 Å². The summed E-state index contributed by atoms with van der Waals surface area (Å²) in [6.07, 6.45) is 4.32. The molecule has 2 rings (SSSR count). The highest BCUT2D eigenvalue weighted by atomic mass is 16.5. The van der Waals surface area contributed by atoms with E-state index in [-0.39, 0.29) is 0 Å². The first kappa shape index (κ1) is 10.6. The summed E-state index contributed by atoms with van der Waals surface area (Å²) < 4.78 is 7.29. The summed E-state index contributed by atoms with van der Waals surface area (Å²) in [4.78, 5) is 0. The number of hydrogen-bond acceptors (Lipinski definition) is 3. The van der Waals surface area contributed by atoms with E-state index in [0.717, 1.165) is 32.6 Å². The zero-order valence-electron chi connectivity index (χ0n) is 9.49. The largest absolute Gasteiger partial charge is 0.381 e. The molecule has 1 aliphatic heterocycles. The Labute approximate surface area is 90.6 Å². The average molecular weight is 209 g/mol. The summed E-state index contributed by atoms with van der Waals surface area (Å²) in [7, 11) is 3.96. The van der Waals surface area contributed by atoms with Gasteiger partial charge in [0.15, 0.2) is 0 Å². The number of ether oxygens (including phenoxy) is 1. The van der Waals surface area contributed by atoms with E-state index in [1.54, 1.807) is 0 Å². The number of aryl methyl sites for hydroxylation is 1. The molecule has 2 heterocycles. The second-order valence-electron chi connectivity index (χ2n) is 4.13. The van der Waals surface area contributed by atoms with Crippen molar-refractivity contribution in [2.45, 2.75) is 25.3 Å². The van der Waals surface area contributed by atoms with E-state index < -0.39 is 0 Å². The molecule has 1 aromatic rings. The lowest BCUT2D eigenvalue weighted by atomic mass is 9.94. The first-order chi connectivity index (χ1) is 7.31. The third-order valence-electron chi connectivity index (χ3n) is 2.91. The average Bonchev–Trinajstić information content (AvgIpc) is 2.62. The molecular weight excluding hydrogens is 190 g/mol. The fourth-order valence-electron chi connectivity index (χ4n) is 2.20. The minimum absolute atomic E-state index is 0.586. The molecule has 15 heavy (non-hydrogen) atoms. The van der Waals surface area contributed by atoms with Crippen molar-refractivity contribution in [3.05, 3.63) is 17.5 Å². The van der Waals surface area contributed by atoms with Gasteiger partial charge in [0.2, 0.25) is 0 Å². The Morgan fingerprint density at radius 3 is 2.93 bits per heavy atom. The van der Waals surface area contributed by atoms with Crippen LogP contribution in [0.2, 0.25) is 0 Å². The van der Waals surface area contributed by atoms with Gasteiger partial charge in [0, 0.05) is 44.5 Å². The summed E-state index contributed by atoms with van der Waals surface area (Å²) >= 11 is 0. The van der Waals surface area contributed by atoms with Gasteiger partial charge in [-0.25, -0.2) is 0 Å². The monoisotopic (exact) mass is 209 g/mol. The van der Waals surface area contributed by atoms with Crippen molar-refractivity contribution in [2.24, 2.45) is 7.05 Å². The van der Waals surface area contributed by atoms with Gasteiger partial charge < -0.3 is 10.1 Å². The van der Waals surface area contributed by atoms with Crippen LogP contribution in [0.5, 0.6) is 0 Å². The molecule has 0 unspecified atom stereocenters. The maximum Gasteiger partial charge on any atom is 0.0702 e. The normalized spacial score (nSPS) is 18.3. The van der Waals surface area contributed by atoms with Crippen molar-refractivity contribution in [3.63, 3.8) is 0 Å². The SMILES string of the molecule is CNCc1cn(C)nc1C1CCOCC1. The van der Waals surface area contributed by atoms with Crippen LogP contribution in [0.3, 0.4) is 0 Å². The molecule has 1 aromatic heterocycles. The number of nitrogens with one attached hydrogen (secondary N) is 1. The summed E-state index contributed by atoms with van der Waals surface area (Å²) in [6.45, 7) is 2.65. The van der Waals surface area contributed by atoms with Crippen LogP contribution in [0.1, 0.15) is 30.0 Å². The van der Waals surface area contributed by atoms with Gasteiger partial charge in [-0.3, -0.25) is 4.68 Å². The molecule has 0 amide bonds. The second kappa shape index (κ2) is 4.77. The molecular formula is C11H19N3O. The van der Waals surface area contributed by atoms with Gasteiger partial charge in [-0.1, -0.05) is 0 Å². The minimum Gasteiger partial charge on any atom is -0.381 e. The molecule has 0 bridgehead atoms. The lowest BCUT2D eigenvalue weighted by Gasteiger charge is -2.21.